The maximum Gasteiger partial charge on any atom is 0.105 e. The maximum absolute atomic E-state index is 5.57. The van der Waals surface area contributed by atoms with Gasteiger partial charge in [-0.05, 0) is 64.9 Å². The molecule has 1 N–H and O–H groups in total. The van der Waals surface area contributed by atoms with E-state index in [1.165, 1.54) is 38.8 Å². The minimum absolute atomic E-state index is 0.169. The first kappa shape index (κ1) is 15.6. The number of piperidine rings is 1. The lowest BCUT2D eigenvalue weighted by atomic mass is 9.87. The van der Waals surface area contributed by atoms with Gasteiger partial charge in [0.05, 0.1) is 6.26 Å². The van der Waals surface area contributed by atoms with Gasteiger partial charge >= 0.3 is 0 Å². The highest BCUT2D eigenvalue weighted by Crippen LogP contribution is 2.26. The number of likely N-dealkylation sites (tertiary alicyclic amines) is 1. The van der Waals surface area contributed by atoms with Crippen LogP contribution in [0.25, 0.3) is 0 Å². The molecule has 0 aromatic carbocycles. The average Bonchev–Trinajstić information content (AvgIpc) is 2.97. The molecular formula is C17H30N2O. The molecule has 1 atom stereocenters. The Kier molecular flexibility index (Phi) is 5.67. The van der Waals surface area contributed by atoms with Gasteiger partial charge in [0.2, 0.25) is 0 Å². The summed E-state index contributed by atoms with van der Waals surface area (Å²) in [6, 6.07) is 4.51. The molecule has 3 nitrogen and oxygen atoms in total. The van der Waals surface area contributed by atoms with Gasteiger partial charge in [-0.15, -0.1) is 0 Å². The summed E-state index contributed by atoms with van der Waals surface area (Å²) in [6.07, 6.45) is 7.98. The SMILES string of the molecule is CCCNC(Cc1ccco1)C(C)(C)N1CCCCC1. The predicted octanol–water partition coefficient (Wildman–Crippen LogP) is 3.45. The van der Waals surface area contributed by atoms with Gasteiger partial charge in [0.15, 0.2) is 0 Å². The molecule has 0 saturated carbocycles. The van der Waals surface area contributed by atoms with Crippen LogP contribution in [0.4, 0.5) is 0 Å². The molecule has 0 bridgehead atoms. The van der Waals surface area contributed by atoms with Gasteiger partial charge in [0.25, 0.3) is 0 Å². The van der Waals surface area contributed by atoms with Crippen molar-refractivity contribution >= 4 is 0 Å². The van der Waals surface area contributed by atoms with Gasteiger partial charge in [-0.3, -0.25) is 4.90 Å². The lowest BCUT2D eigenvalue weighted by Crippen LogP contribution is -2.59. The average molecular weight is 278 g/mol. The first-order chi connectivity index (χ1) is 9.64. The van der Waals surface area contributed by atoms with E-state index in [1.807, 2.05) is 6.07 Å². The largest absolute Gasteiger partial charge is 0.469 e. The molecule has 0 radical (unpaired) electrons. The Labute approximate surface area is 123 Å². The molecule has 0 spiro atoms. The summed E-state index contributed by atoms with van der Waals surface area (Å²) in [5, 5.41) is 3.74. The predicted molar refractivity (Wildman–Crippen MR) is 84.0 cm³/mol. The zero-order valence-corrected chi connectivity index (χ0v) is 13.3. The molecule has 1 aliphatic rings. The van der Waals surface area contributed by atoms with Crippen LogP contribution in [0.3, 0.4) is 0 Å². The lowest BCUT2D eigenvalue weighted by molar-refractivity contribution is 0.0594. The van der Waals surface area contributed by atoms with E-state index >= 15 is 0 Å². The van der Waals surface area contributed by atoms with E-state index in [0.717, 1.165) is 18.7 Å². The van der Waals surface area contributed by atoms with Gasteiger partial charge in [-0.1, -0.05) is 13.3 Å². The molecule has 3 heteroatoms. The Balaban J connectivity index is 2.06. The summed E-state index contributed by atoms with van der Waals surface area (Å²) in [6.45, 7) is 10.5. The van der Waals surface area contributed by atoms with Crippen molar-refractivity contribution in [3.63, 3.8) is 0 Å². The third-order valence-corrected chi connectivity index (χ3v) is 4.65. The summed E-state index contributed by atoms with van der Waals surface area (Å²) < 4.78 is 5.57. The Morgan fingerprint density at radius 2 is 2.05 bits per heavy atom. The fourth-order valence-corrected chi connectivity index (χ4v) is 3.21. The number of furan rings is 1. The van der Waals surface area contributed by atoms with Crippen molar-refractivity contribution < 1.29 is 4.42 Å². The van der Waals surface area contributed by atoms with E-state index < -0.39 is 0 Å². The fraction of sp³-hybridized carbons (Fsp3) is 0.765. The van der Waals surface area contributed by atoms with Crippen molar-refractivity contribution in [1.29, 1.82) is 0 Å². The molecule has 2 rings (SSSR count). The molecule has 1 aromatic rings. The number of hydrogen-bond acceptors (Lipinski definition) is 3. The quantitative estimate of drug-likeness (QED) is 0.828. The zero-order chi connectivity index (χ0) is 14.4. The number of rotatable bonds is 7. The van der Waals surface area contributed by atoms with Crippen molar-refractivity contribution in [3.8, 4) is 0 Å². The van der Waals surface area contributed by atoms with E-state index in [-0.39, 0.29) is 5.54 Å². The van der Waals surface area contributed by atoms with E-state index in [4.69, 9.17) is 4.42 Å². The highest BCUT2D eigenvalue weighted by atomic mass is 16.3. The second kappa shape index (κ2) is 7.28. The molecule has 1 aliphatic heterocycles. The minimum Gasteiger partial charge on any atom is -0.469 e. The summed E-state index contributed by atoms with van der Waals surface area (Å²) in [7, 11) is 0. The Hall–Kier alpha value is -0.800. The van der Waals surface area contributed by atoms with Gasteiger partial charge < -0.3 is 9.73 Å². The maximum atomic E-state index is 5.57. The van der Waals surface area contributed by atoms with E-state index in [1.54, 1.807) is 6.26 Å². The molecule has 114 valence electrons. The molecule has 1 unspecified atom stereocenters. The number of nitrogens with one attached hydrogen (secondary N) is 1. The van der Waals surface area contributed by atoms with Crippen LogP contribution in [-0.2, 0) is 6.42 Å². The molecule has 1 aromatic heterocycles. The van der Waals surface area contributed by atoms with Crippen LogP contribution in [0, 0.1) is 0 Å². The van der Waals surface area contributed by atoms with Crippen molar-refractivity contribution in [2.75, 3.05) is 19.6 Å². The Morgan fingerprint density at radius 1 is 1.30 bits per heavy atom. The summed E-state index contributed by atoms with van der Waals surface area (Å²) in [5.41, 5.74) is 0.169. The molecule has 20 heavy (non-hydrogen) atoms. The Bertz CT molecular complexity index is 366. The number of hydrogen-bond donors (Lipinski definition) is 1. The molecule has 0 amide bonds. The van der Waals surface area contributed by atoms with E-state index in [9.17, 15) is 0 Å². The Morgan fingerprint density at radius 3 is 2.65 bits per heavy atom. The van der Waals surface area contributed by atoms with Crippen molar-refractivity contribution in [3.05, 3.63) is 24.2 Å². The number of nitrogens with zero attached hydrogens (tertiary/aromatic N) is 1. The van der Waals surface area contributed by atoms with Crippen LogP contribution < -0.4 is 5.32 Å². The molecule has 1 fully saturated rings. The summed E-state index contributed by atoms with van der Waals surface area (Å²) in [4.78, 5) is 2.66. The van der Waals surface area contributed by atoms with Crippen LogP contribution in [0.1, 0.15) is 52.2 Å². The third-order valence-electron chi connectivity index (χ3n) is 4.65. The van der Waals surface area contributed by atoms with E-state index in [0.29, 0.717) is 6.04 Å². The fourth-order valence-electron chi connectivity index (χ4n) is 3.21. The molecule has 0 aliphatic carbocycles. The second-order valence-corrected chi connectivity index (χ2v) is 6.49. The highest BCUT2D eigenvalue weighted by molar-refractivity contribution is 5.05. The topological polar surface area (TPSA) is 28.4 Å². The summed E-state index contributed by atoms with van der Waals surface area (Å²) >= 11 is 0. The summed E-state index contributed by atoms with van der Waals surface area (Å²) in [5.74, 6) is 1.09. The highest BCUT2D eigenvalue weighted by Gasteiger charge is 2.36. The molecular weight excluding hydrogens is 248 g/mol. The standard InChI is InChI=1S/C17H30N2O/c1-4-10-18-16(14-15-9-8-13-20-15)17(2,3)19-11-6-5-7-12-19/h8-9,13,16,18H,4-7,10-12,14H2,1-3H3. The normalized spacial score (nSPS) is 19.1. The van der Waals surface area contributed by atoms with Crippen LogP contribution in [0.2, 0.25) is 0 Å². The van der Waals surface area contributed by atoms with Crippen molar-refractivity contribution in [2.24, 2.45) is 0 Å². The van der Waals surface area contributed by atoms with Gasteiger partial charge in [0, 0.05) is 18.0 Å². The van der Waals surface area contributed by atoms with Crippen LogP contribution in [0.15, 0.2) is 22.8 Å². The van der Waals surface area contributed by atoms with Crippen LogP contribution >= 0.6 is 0 Å². The van der Waals surface area contributed by atoms with Gasteiger partial charge in [-0.2, -0.15) is 0 Å². The molecule has 2 heterocycles. The van der Waals surface area contributed by atoms with Crippen LogP contribution in [-0.4, -0.2) is 36.1 Å². The zero-order valence-electron chi connectivity index (χ0n) is 13.3. The van der Waals surface area contributed by atoms with Crippen LogP contribution in [0.5, 0.6) is 0 Å². The van der Waals surface area contributed by atoms with E-state index in [2.05, 4.69) is 37.1 Å². The van der Waals surface area contributed by atoms with Crippen molar-refractivity contribution in [2.45, 2.75) is 64.5 Å². The lowest BCUT2D eigenvalue weighted by Gasteiger charge is -2.46. The van der Waals surface area contributed by atoms with Crippen molar-refractivity contribution in [1.82, 2.24) is 10.2 Å². The van der Waals surface area contributed by atoms with Gasteiger partial charge in [-0.25, -0.2) is 0 Å². The monoisotopic (exact) mass is 278 g/mol. The minimum atomic E-state index is 0.169. The molecule has 1 saturated heterocycles. The van der Waals surface area contributed by atoms with Gasteiger partial charge in [0.1, 0.15) is 5.76 Å². The first-order valence-corrected chi connectivity index (χ1v) is 8.15. The second-order valence-electron chi connectivity index (χ2n) is 6.49. The third kappa shape index (κ3) is 3.86. The smallest absolute Gasteiger partial charge is 0.105 e. The first-order valence-electron chi connectivity index (χ1n) is 8.15.